The summed E-state index contributed by atoms with van der Waals surface area (Å²) < 4.78 is 6.60. The summed E-state index contributed by atoms with van der Waals surface area (Å²) in [5.74, 6) is 1.30. The van der Waals surface area contributed by atoms with Gasteiger partial charge in [0.1, 0.15) is 17.6 Å². The highest BCUT2D eigenvalue weighted by atomic mass is 79.9. The van der Waals surface area contributed by atoms with Crippen LogP contribution in [0.4, 0.5) is 0 Å². The van der Waals surface area contributed by atoms with Gasteiger partial charge in [-0.05, 0) is 42.8 Å². The van der Waals surface area contributed by atoms with Crippen LogP contribution in [0.15, 0.2) is 46.9 Å². The molecule has 0 atom stereocenters. The van der Waals surface area contributed by atoms with Crippen molar-refractivity contribution in [3.05, 3.63) is 58.1 Å². The third-order valence-electron chi connectivity index (χ3n) is 2.28. The summed E-state index contributed by atoms with van der Waals surface area (Å²) in [5.41, 5.74) is 1.64. The van der Waals surface area contributed by atoms with E-state index in [1.165, 1.54) is 0 Å². The first-order chi connectivity index (χ1) is 8.19. The summed E-state index contributed by atoms with van der Waals surface area (Å²) in [5, 5.41) is 9.00. The van der Waals surface area contributed by atoms with Gasteiger partial charge in [0.15, 0.2) is 0 Å². The van der Waals surface area contributed by atoms with Crippen LogP contribution in [0, 0.1) is 18.3 Å². The minimum Gasteiger partial charge on any atom is -0.456 e. The molecular weight excluding hydrogens is 278 g/mol. The van der Waals surface area contributed by atoms with Crippen molar-refractivity contribution in [3.63, 3.8) is 0 Å². The SMILES string of the molecule is Cc1cccc(Oc2cc(Br)ccc2C#N)c1. The predicted molar refractivity (Wildman–Crippen MR) is 70.1 cm³/mol. The number of aryl methyl sites for hydroxylation is 1. The zero-order valence-corrected chi connectivity index (χ0v) is 10.9. The molecule has 0 fully saturated rings. The first-order valence-corrected chi connectivity index (χ1v) is 5.92. The lowest BCUT2D eigenvalue weighted by Gasteiger charge is -2.08. The minimum absolute atomic E-state index is 0.523. The second-order valence-corrected chi connectivity index (χ2v) is 4.59. The number of nitriles is 1. The Labute approximate surface area is 109 Å². The van der Waals surface area contributed by atoms with Crippen LogP contribution in [0.1, 0.15) is 11.1 Å². The van der Waals surface area contributed by atoms with E-state index in [9.17, 15) is 0 Å². The predicted octanol–water partition coefficient (Wildman–Crippen LogP) is 4.42. The van der Waals surface area contributed by atoms with Crippen LogP contribution in [-0.4, -0.2) is 0 Å². The van der Waals surface area contributed by atoms with Gasteiger partial charge < -0.3 is 4.74 Å². The Hall–Kier alpha value is -1.79. The van der Waals surface area contributed by atoms with Gasteiger partial charge in [0.05, 0.1) is 5.56 Å². The maximum atomic E-state index is 9.00. The molecule has 0 aliphatic rings. The number of halogens is 1. The summed E-state index contributed by atoms with van der Waals surface area (Å²) in [7, 11) is 0. The van der Waals surface area contributed by atoms with Gasteiger partial charge in [0, 0.05) is 4.47 Å². The molecule has 0 aliphatic heterocycles. The normalized spacial score (nSPS) is 9.71. The lowest BCUT2D eigenvalue weighted by atomic mass is 10.2. The fourth-order valence-corrected chi connectivity index (χ4v) is 1.82. The molecule has 3 heteroatoms. The topological polar surface area (TPSA) is 33.0 Å². The standard InChI is InChI=1S/C14H10BrNO/c1-10-3-2-4-13(7-10)17-14-8-12(15)6-5-11(14)9-16/h2-8H,1H3. The number of ether oxygens (including phenoxy) is 1. The third kappa shape index (κ3) is 2.86. The van der Waals surface area contributed by atoms with Gasteiger partial charge in [-0.3, -0.25) is 0 Å². The Kier molecular flexibility index (Phi) is 3.46. The second kappa shape index (κ2) is 5.03. The van der Waals surface area contributed by atoms with Gasteiger partial charge in [-0.15, -0.1) is 0 Å². The van der Waals surface area contributed by atoms with Gasteiger partial charge in [0.25, 0.3) is 0 Å². The molecule has 0 unspecified atom stereocenters. The van der Waals surface area contributed by atoms with E-state index >= 15 is 0 Å². The Bertz CT molecular complexity index is 587. The summed E-state index contributed by atoms with van der Waals surface area (Å²) >= 11 is 3.36. The molecule has 0 spiro atoms. The smallest absolute Gasteiger partial charge is 0.146 e. The van der Waals surface area contributed by atoms with Crippen molar-refractivity contribution < 1.29 is 4.74 Å². The molecule has 0 N–H and O–H groups in total. The molecule has 0 saturated carbocycles. The molecule has 0 aliphatic carbocycles. The number of rotatable bonds is 2. The Morgan fingerprint density at radius 3 is 2.71 bits per heavy atom. The van der Waals surface area contributed by atoms with E-state index in [0.29, 0.717) is 11.3 Å². The van der Waals surface area contributed by atoms with Crippen LogP contribution in [-0.2, 0) is 0 Å². The Balaban J connectivity index is 2.36. The third-order valence-corrected chi connectivity index (χ3v) is 2.77. The van der Waals surface area contributed by atoms with Gasteiger partial charge in [-0.25, -0.2) is 0 Å². The average Bonchev–Trinajstić information content (AvgIpc) is 2.29. The summed E-state index contributed by atoms with van der Waals surface area (Å²) in [4.78, 5) is 0. The fourth-order valence-electron chi connectivity index (χ4n) is 1.48. The van der Waals surface area contributed by atoms with Crippen LogP contribution >= 0.6 is 15.9 Å². The largest absolute Gasteiger partial charge is 0.456 e. The van der Waals surface area contributed by atoms with Gasteiger partial charge >= 0.3 is 0 Å². The van der Waals surface area contributed by atoms with E-state index in [2.05, 4.69) is 22.0 Å². The quantitative estimate of drug-likeness (QED) is 0.819. The summed E-state index contributed by atoms with van der Waals surface area (Å²) in [6, 6.07) is 15.2. The van der Waals surface area contributed by atoms with Crippen LogP contribution in [0.3, 0.4) is 0 Å². The second-order valence-electron chi connectivity index (χ2n) is 3.67. The van der Waals surface area contributed by atoms with Gasteiger partial charge in [-0.1, -0.05) is 28.1 Å². The van der Waals surface area contributed by atoms with E-state index < -0.39 is 0 Å². The summed E-state index contributed by atoms with van der Waals surface area (Å²) in [6.07, 6.45) is 0. The molecule has 2 rings (SSSR count). The van der Waals surface area contributed by atoms with Crippen LogP contribution in [0.2, 0.25) is 0 Å². The number of benzene rings is 2. The first kappa shape index (κ1) is 11.7. The van der Waals surface area contributed by atoms with E-state index in [-0.39, 0.29) is 0 Å². The van der Waals surface area contributed by atoms with Crippen molar-refractivity contribution in [2.75, 3.05) is 0 Å². The first-order valence-electron chi connectivity index (χ1n) is 5.13. The zero-order chi connectivity index (χ0) is 12.3. The molecule has 2 aromatic rings. The molecule has 0 bridgehead atoms. The van der Waals surface area contributed by atoms with Crippen molar-refractivity contribution >= 4 is 15.9 Å². The molecule has 2 nitrogen and oxygen atoms in total. The highest BCUT2D eigenvalue weighted by molar-refractivity contribution is 9.10. The van der Waals surface area contributed by atoms with E-state index in [1.54, 1.807) is 12.1 Å². The van der Waals surface area contributed by atoms with Crippen molar-refractivity contribution in [2.45, 2.75) is 6.92 Å². The number of nitrogens with zero attached hydrogens (tertiary/aromatic N) is 1. The molecule has 2 aromatic carbocycles. The van der Waals surface area contributed by atoms with Crippen molar-refractivity contribution in [2.24, 2.45) is 0 Å². The molecular formula is C14H10BrNO. The molecule has 0 radical (unpaired) electrons. The van der Waals surface area contributed by atoms with Crippen molar-refractivity contribution in [1.82, 2.24) is 0 Å². The van der Waals surface area contributed by atoms with Crippen LogP contribution < -0.4 is 4.74 Å². The number of hydrogen-bond acceptors (Lipinski definition) is 2. The Morgan fingerprint density at radius 1 is 1.18 bits per heavy atom. The zero-order valence-electron chi connectivity index (χ0n) is 9.27. The van der Waals surface area contributed by atoms with Crippen molar-refractivity contribution in [3.8, 4) is 17.6 Å². The lowest BCUT2D eigenvalue weighted by molar-refractivity contribution is 0.480. The highest BCUT2D eigenvalue weighted by Crippen LogP contribution is 2.28. The molecule has 84 valence electrons. The molecule has 0 amide bonds. The molecule has 17 heavy (non-hydrogen) atoms. The van der Waals surface area contributed by atoms with Gasteiger partial charge in [-0.2, -0.15) is 5.26 Å². The maximum absolute atomic E-state index is 9.00. The Morgan fingerprint density at radius 2 is 2.00 bits per heavy atom. The van der Waals surface area contributed by atoms with Crippen LogP contribution in [0.25, 0.3) is 0 Å². The van der Waals surface area contributed by atoms with Crippen molar-refractivity contribution in [1.29, 1.82) is 5.26 Å². The fraction of sp³-hybridized carbons (Fsp3) is 0.0714. The highest BCUT2D eigenvalue weighted by Gasteiger charge is 2.05. The van der Waals surface area contributed by atoms with Gasteiger partial charge in [0.2, 0.25) is 0 Å². The van der Waals surface area contributed by atoms with Crippen LogP contribution in [0.5, 0.6) is 11.5 Å². The monoisotopic (exact) mass is 287 g/mol. The van der Waals surface area contributed by atoms with E-state index in [1.807, 2.05) is 37.3 Å². The summed E-state index contributed by atoms with van der Waals surface area (Å²) in [6.45, 7) is 2.00. The molecule has 0 saturated heterocycles. The van der Waals surface area contributed by atoms with E-state index in [0.717, 1.165) is 15.8 Å². The maximum Gasteiger partial charge on any atom is 0.146 e. The lowest BCUT2D eigenvalue weighted by Crippen LogP contribution is -1.88. The molecule has 0 aromatic heterocycles. The number of hydrogen-bond donors (Lipinski definition) is 0. The average molecular weight is 288 g/mol. The molecule has 0 heterocycles. The van der Waals surface area contributed by atoms with E-state index in [4.69, 9.17) is 10.00 Å². The minimum atomic E-state index is 0.523.